The van der Waals surface area contributed by atoms with E-state index in [-0.39, 0.29) is 17.6 Å². The average molecular weight is 385 g/mol. The van der Waals surface area contributed by atoms with Crippen LogP contribution in [-0.2, 0) is 22.6 Å². The lowest BCUT2D eigenvalue weighted by Crippen LogP contribution is -2.29. The molecule has 0 saturated heterocycles. The number of ether oxygens (including phenoxy) is 1. The Morgan fingerprint density at radius 1 is 1.15 bits per heavy atom. The molecule has 0 aliphatic carbocycles. The molecule has 5 nitrogen and oxygen atoms in total. The first kappa shape index (κ1) is 19.3. The largest absolute Gasteiger partial charge is 0.494 e. The Balaban J connectivity index is 1.49. The van der Waals surface area contributed by atoms with Crippen LogP contribution in [0.2, 0.25) is 0 Å². The van der Waals surface area contributed by atoms with E-state index in [4.69, 9.17) is 9.84 Å². The summed E-state index contributed by atoms with van der Waals surface area (Å²) in [5, 5.41) is 11.5. The van der Waals surface area contributed by atoms with Gasteiger partial charge in [-0.15, -0.1) is 11.8 Å². The minimum absolute atomic E-state index is 0.0427. The zero-order chi connectivity index (χ0) is 19.1. The summed E-state index contributed by atoms with van der Waals surface area (Å²) in [6, 6.07) is 15.7. The summed E-state index contributed by atoms with van der Waals surface area (Å²) in [5.41, 5.74) is 3.38. The number of thioether (sulfide) groups is 1. The molecule has 1 unspecified atom stereocenters. The molecule has 0 spiro atoms. The van der Waals surface area contributed by atoms with Crippen LogP contribution in [0, 0.1) is 0 Å². The molecule has 2 aromatic rings. The van der Waals surface area contributed by atoms with E-state index in [2.05, 4.69) is 11.4 Å². The van der Waals surface area contributed by atoms with Gasteiger partial charge in [0.25, 0.3) is 0 Å². The third-order valence-electron chi connectivity index (χ3n) is 4.43. The van der Waals surface area contributed by atoms with Gasteiger partial charge < -0.3 is 15.2 Å². The molecule has 1 aliphatic heterocycles. The van der Waals surface area contributed by atoms with Gasteiger partial charge in [-0.1, -0.05) is 36.4 Å². The van der Waals surface area contributed by atoms with E-state index < -0.39 is 5.97 Å². The van der Waals surface area contributed by atoms with Gasteiger partial charge in [-0.3, -0.25) is 9.59 Å². The maximum absolute atomic E-state index is 12.6. The third kappa shape index (κ3) is 5.50. The van der Waals surface area contributed by atoms with Crippen LogP contribution in [0.25, 0.3) is 0 Å². The summed E-state index contributed by atoms with van der Waals surface area (Å²) in [4.78, 5) is 23.1. The normalized spacial score (nSPS) is 15.6. The molecule has 3 rings (SSSR count). The first-order valence-electron chi connectivity index (χ1n) is 9.04. The number of fused-ring (bicyclic) bond motifs is 1. The Bertz CT molecular complexity index is 791. The number of hydrogen-bond donors (Lipinski definition) is 2. The molecule has 0 aromatic heterocycles. The molecule has 1 aliphatic rings. The zero-order valence-corrected chi connectivity index (χ0v) is 15.8. The molecule has 1 heterocycles. The molecule has 2 aromatic carbocycles. The molecule has 0 fully saturated rings. The van der Waals surface area contributed by atoms with Crippen molar-refractivity contribution in [3.8, 4) is 5.75 Å². The molecule has 2 N–H and O–H groups in total. The van der Waals surface area contributed by atoms with Crippen LogP contribution in [0.1, 0.15) is 34.8 Å². The Kier molecular flexibility index (Phi) is 6.76. The SMILES string of the molecule is O=C(O)CCCOc1ccc(CNC(=O)C2SCCc3ccccc32)cc1. The number of carbonyl (C=O) groups excluding carboxylic acids is 1. The summed E-state index contributed by atoms with van der Waals surface area (Å²) in [5.74, 6) is 0.889. The van der Waals surface area contributed by atoms with Crippen LogP contribution < -0.4 is 10.1 Å². The van der Waals surface area contributed by atoms with Crippen LogP contribution in [0.5, 0.6) is 5.75 Å². The highest BCUT2D eigenvalue weighted by atomic mass is 32.2. The van der Waals surface area contributed by atoms with Crippen molar-refractivity contribution < 1.29 is 19.4 Å². The van der Waals surface area contributed by atoms with Crippen molar-refractivity contribution in [1.82, 2.24) is 5.32 Å². The summed E-state index contributed by atoms with van der Waals surface area (Å²) in [7, 11) is 0. The van der Waals surface area contributed by atoms with Crippen molar-refractivity contribution in [1.29, 1.82) is 0 Å². The lowest BCUT2D eigenvalue weighted by atomic mass is 10.0. The van der Waals surface area contributed by atoms with Gasteiger partial charge in [0.15, 0.2) is 0 Å². The maximum Gasteiger partial charge on any atom is 0.303 e. The van der Waals surface area contributed by atoms with E-state index in [0.29, 0.717) is 25.3 Å². The number of nitrogens with one attached hydrogen (secondary N) is 1. The fourth-order valence-corrected chi connectivity index (χ4v) is 4.23. The van der Waals surface area contributed by atoms with Crippen molar-refractivity contribution in [2.75, 3.05) is 12.4 Å². The lowest BCUT2D eigenvalue weighted by molar-refractivity contribution is -0.137. The number of carboxylic acid groups (broad SMARTS) is 1. The lowest BCUT2D eigenvalue weighted by Gasteiger charge is -2.24. The van der Waals surface area contributed by atoms with Gasteiger partial charge in [0.2, 0.25) is 5.91 Å². The number of rotatable bonds is 8. The first-order valence-corrected chi connectivity index (χ1v) is 10.1. The van der Waals surface area contributed by atoms with Crippen molar-refractivity contribution in [2.24, 2.45) is 0 Å². The molecule has 0 radical (unpaired) electrons. The maximum atomic E-state index is 12.6. The van der Waals surface area contributed by atoms with Gasteiger partial charge in [-0.2, -0.15) is 0 Å². The highest BCUT2D eigenvalue weighted by Crippen LogP contribution is 2.36. The predicted octanol–water partition coefficient (Wildman–Crippen LogP) is 3.58. The fourth-order valence-electron chi connectivity index (χ4n) is 3.01. The molecular formula is C21H23NO4S. The van der Waals surface area contributed by atoms with Gasteiger partial charge in [-0.05, 0) is 47.4 Å². The van der Waals surface area contributed by atoms with Crippen LogP contribution in [0.4, 0.5) is 0 Å². The second-order valence-electron chi connectivity index (χ2n) is 6.41. The Morgan fingerprint density at radius 3 is 2.70 bits per heavy atom. The van der Waals surface area contributed by atoms with Gasteiger partial charge in [0.1, 0.15) is 11.0 Å². The second-order valence-corrected chi connectivity index (χ2v) is 7.62. The predicted molar refractivity (Wildman–Crippen MR) is 106 cm³/mol. The van der Waals surface area contributed by atoms with E-state index in [9.17, 15) is 9.59 Å². The molecule has 6 heteroatoms. The minimum Gasteiger partial charge on any atom is -0.494 e. The molecule has 142 valence electrons. The third-order valence-corrected chi connectivity index (χ3v) is 5.67. The molecule has 0 saturated carbocycles. The summed E-state index contributed by atoms with van der Waals surface area (Å²) >= 11 is 1.69. The highest BCUT2D eigenvalue weighted by Gasteiger charge is 2.26. The van der Waals surface area contributed by atoms with Crippen LogP contribution in [0.3, 0.4) is 0 Å². The van der Waals surface area contributed by atoms with E-state index in [0.717, 1.165) is 23.3 Å². The number of hydrogen-bond acceptors (Lipinski definition) is 4. The van der Waals surface area contributed by atoms with Crippen LogP contribution in [0.15, 0.2) is 48.5 Å². The molecular weight excluding hydrogens is 362 g/mol. The van der Waals surface area contributed by atoms with E-state index >= 15 is 0 Å². The Morgan fingerprint density at radius 2 is 1.93 bits per heavy atom. The molecule has 1 atom stereocenters. The zero-order valence-electron chi connectivity index (χ0n) is 15.0. The summed E-state index contributed by atoms with van der Waals surface area (Å²) in [6.45, 7) is 0.845. The minimum atomic E-state index is -0.816. The molecule has 0 bridgehead atoms. The number of carbonyl (C=O) groups is 2. The number of amides is 1. The number of aliphatic carboxylic acids is 1. The van der Waals surface area contributed by atoms with Gasteiger partial charge in [0, 0.05) is 13.0 Å². The van der Waals surface area contributed by atoms with E-state index in [1.807, 2.05) is 42.5 Å². The van der Waals surface area contributed by atoms with Crippen molar-refractivity contribution in [3.05, 3.63) is 65.2 Å². The quantitative estimate of drug-likeness (QED) is 0.680. The van der Waals surface area contributed by atoms with E-state index in [1.165, 1.54) is 5.56 Å². The Hall–Kier alpha value is -2.47. The molecule has 27 heavy (non-hydrogen) atoms. The van der Waals surface area contributed by atoms with E-state index in [1.54, 1.807) is 11.8 Å². The van der Waals surface area contributed by atoms with Gasteiger partial charge in [0.05, 0.1) is 6.61 Å². The second kappa shape index (κ2) is 9.46. The standard InChI is InChI=1S/C21H23NO4S/c23-19(24)6-3-12-26-17-9-7-15(8-10-17)14-22-21(25)20-18-5-2-1-4-16(18)11-13-27-20/h1-2,4-5,7-10,20H,3,6,11-14H2,(H,22,25)(H,23,24). The average Bonchev–Trinajstić information content (AvgIpc) is 2.69. The van der Waals surface area contributed by atoms with Crippen LogP contribution >= 0.6 is 11.8 Å². The Labute approximate surface area is 163 Å². The monoisotopic (exact) mass is 385 g/mol. The summed E-state index contributed by atoms with van der Waals surface area (Å²) < 4.78 is 5.52. The van der Waals surface area contributed by atoms with Gasteiger partial charge >= 0.3 is 5.97 Å². The number of carboxylic acids is 1. The van der Waals surface area contributed by atoms with Gasteiger partial charge in [-0.25, -0.2) is 0 Å². The number of aryl methyl sites for hydroxylation is 1. The smallest absolute Gasteiger partial charge is 0.303 e. The van der Waals surface area contributed by atoms with Crippen molar-refractivity contribution in [3.63, 3.8) is 0 Å². The van der Waals surface area contributed by atoms with Crippen molar-refractivity contribution in [2.45, 2.75) is 31.1 Å². The first-order chi connectivity index (χ1) is 13.1. The van der Waals surface area contributed by atoms with Crippen molar-refractivity contribution >= 4 is 23.6 Å². The van der Waals surface area contributed by atoms with Crippen LogP contribution in [-0.4, -0.2) is 29.3 Å². The number of benzene rings is 2. The topological polar surface area (TPSA) is 75.6 Å². The fraction of sp³-hybridized carbons (Fsp3) is 0.333. The summed E-state index contributed by atoms with van der Waals surface area (Å²) in [6.07, 6.45) is 1.60. The molecule has 1 amide bonds. The highest BCUT2D eigenvalue weighted by molar-refractivity contribution is 8.00.